The maximum Gasteiger partial charge on any atom is 0.276 e. The number of hydrogen-bond donors (Lipinski definition) is 0. The lowest BCUT2D eigenvalue weighted by molar-refractivity contribution is 0.0687. The molecule has 0 aliphatic carbocycles. The molecule has 12 heteroatoms. The average Bonchev–Trinajstić information content (AvgIpc) is 3.35. The Morgan fingerprint density at radius 1 is 1.17 bits per heavy atom. The van der Waals surface area contributed by atoms with Crippen LogP contribution in [-0.4, -0.2) is 80.0 Å². The summed E-state index contributed by atoms with van der Waals surface area (Å²) in [5, 5.41) is 2.80. The lowest BCUT2D eigenvalue weighted by Crippen LogP contribution is -2.52. The van der Waals surface area contributed by atoms with Gasteiger partial charge in [0.2, 0.25) is 10.0 Å². The molecule has 0 spiro atoms. The first-order valence-electron chi connectivity index (χ1n) is 9.38. The van der Waals surface area contributed by atoms with E-state index in [9.17, 15) is 26.0 Å². The van der Waals surface area contributed by atoms with Crippen molar-refractivity contribution in [1.82, 2.24) is 14.4 Å². The van der Waals surface area contributed by atoms with Crippen LogP contribution in [0, 0.1) is 5.82 Å². The van der Waals surface area contributed by atoms with Gasteiger partial charge in [0.05, 0.1) is 22.3 Å². The maximum absolute atomic E-state index is 13.9. The number of amides is 1. The van der Waals surface area contributed by atoms with Gasteiger partial charge in [0, 0.05) is 32.2 Å². The molecular weight excluding hydrogens is 437 g/mol. The third kappa shape index (κ3) is 3.98. The molecule has 1 amide bonds. The summed E-state index contributed by atoms with van der Waals surface area (Å²) in [6.07, 6.45) is 0.0988. The van der Waals surface area contributed by atoms with Crippen LogP contribution in [0.1, 0.15) is 16.9 Å². The first kappa shape index (κ1) is 20.9. The molecule has 2 aromatic rings. The van der Waals surface area contributed by atoms with Gasteiger partial charge in [-0.05, 0) is 18.6 Å². The van der Waals surface area contributed by atoms with Gasteiger partial charge in [-0.2, -0.15) is 4.31 Å². The maximum atomic E-state index is 13.9. The van der Waals surface area contributed by atoms with E-state index in [0.29, 0.717) is 0 Å². The van der Waals surface area contributed by atoms with Gasteiger partial charge in [-0.15, -0.1) is 0 Å². The molecule has 0 saturated carbocycles. The second kappa shape index (κ2) is 7.75. The monoisotopic (exact) mass is 457 g/mol. The van der Waals surface area contributed by atoms with Crippen LogP contribution in [0.3, 0.4) is 0 Å². The Hall–Kier alpha value is -2.31. The normalized spacial score (nSPS) is 22.3. The Balaban J connectivity index is 1.41. The number of aromatic nitrogens is 1. The van der Waals surface area contributed by atoms with E-state index in [1.807, 2.05) is 0 Å². The van der Waals surface area contributed by atoms with E-state index in [1.165, 1.54) is 33.5 Å². The summed E-state index contributed by atoms with van der Waals surface area (Å²) >= 11 is 0. The summed E-state index contributed by atoms with van der Waals surface area (Å²) in [5.74, 6) is -1.29. The van der Waals surface area contributed by atoms with E-state index in [4.69, 9.17) is 4.52 Å². The molecule has 4 rings (SSSR count). The molecule has 1 aromatic carbocycles. The van der Waals surface area contributed by atoms with Crippen molar-refractivity contribution in [1.29, 1.82) is 0 Å². The lowest BCUT2D eigenvalue weighted by Gasteiger charge is -2.34. The molecule has 0 bridgehead atoms. The zero-order valence-corrected chi connectivity index (χ0v) is 17.5. The van der Waals surface area contributed by atoms with Crippen molar-refractivity contribution in [2.24, 2.45) is 0 Å². The number of benzene rings is 1. The first-order chi connectivity index (χ1) is 14.2. The van der Waals surface area contributed by atoms with Crippen molar-refractivity contribution < 1.29 is 30.5 Å². The van der Waals surface area contributed by atoms with Gasteiger partial charge in [0.1, 0.15) is 5.82 Å². The van der Waals surface area contributed by atoms with Crippen molar-refractivity contribution in [2.75, 3.05) is 37.7 Å². The van der Waals surface area contributed by atoms with Crippen molar-refractivity contribution in [3.8, 4) is 11.3 Å². The zero-order chi connectivity index (χ0) is 21.5. The smallest absolute Gasteiger partial charge is 0.276 e. The standard InChI is InChI=1S/C18H20FN3O6S2/c19-15-4-2-1-3-14(15)17-11-16(20-28-17)18(23)21-6-8-22(9-7-21)30(26,27)13-5-10-29(24,25)12-13/h1-4,11,13H,5-10,12H2. The van der Waals surface area contributed by atoms with Crippen LogP contribution in [-0.2, 0) is 19.9 Å². The van der Waals surface area contributed by atoms with Crippen molar-refractivity contribution >= 4 is 25.8 Å². The molecule has 2 fully saturated rings. The number of sulfone groups is 1. The van der Waals surface area contributed by atoms with E-state index in [1.54, 1.807) is 6.07 Å². The molecule has 30 heavy (non-hydrogen) atoms. The van der Waals surface area contributed by atoms with Crippen molar-refractivity contribution in [2.45, 2.75) is 11.7 Å². The number of carbonyl (C=O) groups excluding carboxylic acids is 1. The predicted octanol–water partition coefficient (Wildman–Crippen LogP) is 0.755. The van der Waals surface area contributed by atoms with Crippen LogP contribution in [0.25, 0.3) is 11.3 Å². The highest BCUT2D eigenvalue weighted by molar-refractivity contribution is 7.95. The summed E-state index contributed by atoms with van der Waals surface area (Å²) in [7, 11) is -7.06. The molecule has 1 aromatic heterocycles. The summed E-state index contributed by atoms with van der Waals surface area (Å²) in [6.45, 7) is 0.421. The quantitative estimate of drug-likeness (QED) is 0.665. The molecule has 3 heterocycles. The number of nitrogens with zero attached hydrogens (tertiary/aromatic N) is 3. The summed E-state index contributed by atoms with van der Waals surface area (Å²) in [5.41, 5.74) is 0.193. The fourth-order valence-electron chi connectivity index (χ4n) is 3.68. The lowest BCUT2D eigenvalue weighted by atomic mass is 10.1. The van der Waals surface area contributed by atoms with E-state index < -0.39 is 36.8 Å². The molecule has 2 aliphatic rings. The number of hydrogen-bond acceptors (Lipinski definition) is 7. The Morgan fingerprint density at radius 2 is 1.87 bits per heavy atom. The van der Waals surface area contributed by atoms with Gasteiger partial charge in [0.15, 0.2) is 21.3 Å². The number of rotatable bonds is 4. The van der Waals surface area contributed by atoms with Gasteiger partial charge in [-0.1, -0.05) is 17.3 Å². The molecule has 162 valence electrons. The second-order valence-electron chi connectivity index (χ2n) is 7.32. The molecular formula is C18H20FN3O6S2. The van der Waals surface area contributed by atoms with Crippen LogP contribution in [0.4, 0.5) is 4.39 Å². The fraction of sp³-hybridized carbons (Fsp3) is 0.444. The summed E-state index contributed by atoms with van der Waals surface area (Å²) in [6, 6.07) is 7.31. The molecule has 2 aliphatic heterocycles. The van der Waals surface area contributed by atoms with Crippen LogP contribution >= 0.6 is 0 Å². The van der Waals surface area contributed by atoms with Gasteiger partial charge in [-0.3, -0.25) is 4.79 Å². The first-order valence-corrected chi connectivity index (χ1v) is 12.7. The molecule has 2 saturated heterocycles. The highest BCUT2D eigenvalue weighted by atomic mass is 32.2. The Morgan fingerprint density at radius 3 is 2.50 bits per heavy atom. The zero-order valence-electron chi connectivity index (χ0n) is 15.9. The largest absolute Gasteiger partial charge is 0.355 e. The minimum atomic E-state index is -3.74. The molecule has 0 N–H and O–H groups in total. The highest BCUT2D eigenvalue weighted by Crippen LogP contribution is 2.25. The summed E-state index contributed by atoms with van der Waals surface area (Å²) in [4.78, 5) is 14.1. The number of piperazine rings is 1. The third-order valence-corrected chi connectivity index (χ3v) is 9.67. The highest BCUT2D eigenvalue weighted by Gasteiger charge is 2.41. The van der Waals surface area contributed by atoms with Crippen LogP contribution in [0.5, 0.6) is 0 Å². The van der Waals surface area contributed by atoms with Gasteiger partial charge < -0.3 is 9.42 Å². The SMILES string of the molecule is O=C(c1cc(-c2ccccc2F)on1)N1CCN(S(=O)(=O)C2CCS(=O)(=O)C2)CC1. The predicted molar refractivity (Wildman–Crippen MR) is 105 cm³/mol. The number of carbonyl (C=O) groups is 1. The molecule has 1 atom stereocenters. The second-order valence-corrected chi connectivity index (χ2v) is 11.8. The topological polar surface area (TPSA) is 118 Å². The van der Waals surface area contributed by atoms with Crippen molar-refractivity contribution in [3.63, 3.8) is 0 Å². The van der Waals surface area contributed by atoms with Gasteiger partial charge in [0.25, 0.3) is 5.91 Å². The van der Waals surface area contributed by atoms with E-state index >= 15 is 0 Å². The fourth-order valence-corrected chi connectivity index (χ4v) is 8.19. The number of sulfonamides is 1. The van der Waals surface area contributed by atoms with Crippen LogP contribution in [0.15, 0.2) is 34.9 Å². The van der Waals surface area contributed by atoms with Crippen LogP contribution in [0.2, 0.25) is 0 Å². The third-order valence-electron chi connectivity index (χ3n) is 5.37. The molecule has 1 unspecified atom stereocenters. The minimum absolute atomic E-state index is 0.00597. The van der Waals surface area contributed by atoms with E-state index in [0.717, 1.165) is 0 Å². The van der Waals surface area contributed by atoms with Gasteiger partial charge in [-0.25, -0.2) is 21.2 Å². The van der Waals surface area contributed by atoms with E-state index in [-0.39, 0.29) is 61.1 Å². The minimum Gasteiger partial charge on any atom is -0.355 e. The van der Waals surface area contributed by atoms with Gasteiger partial charge >= 0.3 is 0 Å². The molecule has 0 radical (unpaired) electrons. The Bertz CT molecular complexity index is 1170. The number of halogens is 1. The average molecular weight is 458 g/mol. The van der Waals surface area contributed by atoms with Crippen LogP contribution < -0.4 is 0 Å². The Kier molecular flexibility index (Phi) is 5.41. The van der Waals surface area contributed by atoms with E-state index in [2.05, 4.69) is 5.16 Å². The Labute approximate surface area is 173 Å². The molecule has 9 nitrogen and oxygen atoms in total. The van der Waals surface area contributed by atoms with Crippen molar-refractivity contribution in [3.05, 3.63) is 41.8 Å². The summed E-state index contributed by atoms with van der Waals surface area (Å²) < 4.78 is 68.9.